The van der Waals surface area contributed by atoms with Gasteiger partial charge >= 0.3 is 0 Å². The summed E-state index contributed by atoms with van der Waals surface area (Å²) in [5, 5.41) is 0. The summed E-state index contributed by atoms with van der Waals surface area (Å²) in [4.78, 5) is 2.85. The molecule has 0 fully saturated rings. The second-order valence-corrected chi connectivity index (χ2v) is 1.94. The second kappa shape index (κ2) is 3.95. The van der Waals surface area contributed by atoms with Crippen LogP contribution in [0.15, 0.2) is 28.7 Å². The van der Waals surface area contributed by atoms with Crippen molar-refractivity contribution in [3.63, 3.8) is 0 Å². The lowest BCUT2D eigenvalue weighted by atomic mass is 10.2. The summed E-state index contributed by atoms with van der Waals surface area (Å²) in [6.07, 6.45) is -2.94. The van der Waals surface area contributed by atoms with Gasteiger partial charge in [0.25, 0.3) is 6.43 Å². The zero-order valence-corrected chi connectivity index (χ0v) is 6.07. The number of allylic oxidation sites excluding steroid dienone is 3. The molecule has 62 valence electrons. The van der Waals surface area contributed by atoms with Crippen LogP contribution in [0.5, 0.6) is 0 Å². The standard InChI is InChI=1S/C7H8F3N/c1-4(2)5(8)6(11-3)7(9)10/h7H,1,3H2,2H3/b6-5+. The minimum Gasteiger partial charge on any atom is -0.260 e. The molecule has 1 nitrogen and oxygen atoms in total. The maximum atomic E-state index is 12.6. The summed E-state index contributed by atoms with van der Waals surface area (Å²) >= 11 is 0. The molecule has 0 N–H and O–H groups in total. The number of alkyl halides is 2. The SMILES string of the molecule is C=N/C(=C(/F)C(=C)C)C(F)F. The molecule has 0 aromatic heterocycles. The van der Waals surface area contributed by atoms with E-state index in [0.717, 1.165) is 0 Å². The number of halogens is 3. The number of aliphatic imine (C=N–C) groups is 1. The molecule has 0 atom stereocenters. The highest BCUT2D eigenvalue weighted by molar-refractivity contribution is 5.35. The van der Waals surface area contributed by atoms with Crippen molar-refractivity contribution in [1.29, 1.82) is 0 Å². The largest absolute Gasteiger partial charge is 0.283 e. The van der Waals surface area contributed by atoms with E-state index < -0.39 is 17.9 Å². The monoisotopic (exact) mass is 163 g/mol. The van der Waals surface area contributed by atoms with Gasteiger partial charge in [-0.2, -0.15) is 0 Å². The Balaban J connectivity index is 4.83. The van der Waals surface area contributed by atoms with Crippen molar-refractivity contribution in [3.8, 4) is 0 Å². The number of rotatable bonds is 3. The third-order valence-corrected chi connectivity index (χ3v) is 0.977. The maximum absolute atomic E-state index is 12.6. The van der Waals surface area contributed by atoms with Gasteiger partial charge in [0.15, 0.2) is 5.83 Å². The van der Waals surface area contributed by atoms with Crippen molar-refractivity contribution in [3.05, 3.63) is 23.7 Å². The van der Waals surface area contributed by atoms with Crippen LogP contribution in [0.2, 0.25) is 0 Å². The molecule has 0 spiro atoms. The second-order valence-electron chi connectivity index (χ2n) is 1.94. The van der Waals surface area contributed by atoms with Gasteiger partial charge in [0, 0.05) is 0 Å². The van der Waals surface area contributed by atoms with E-state index in [9.17, 15) is 13.2 Å². The minimum atomic E-state index is -2.94. The minimum absolute atomic E-state index is 0.0762. The topological polar surface area (TPSA) is 12.4 Å². The summed E-state index contributed by atoms with van der Waals surface area (Å²) in [6.45, 7) is 7.25. The zero-order valence-electron chi connectivity index (χ0n) is 6.07. The molecular weight excluding hydrogens is 155 g/mol. The summed E-state index contributed by atoms with van der Waals surface area (Å²) in [5.74, 6) is -1.09. The molecule has 0 heterocycles. The van der Waals surface area contributed by atoms with Crippen molar-refractivity contribution in [1.82, 2.24) is 0 Å². The maximum Gasteiger partial charge on any atom is 0.283 e. The molecule has 0 saturated heterocycles. The molecule has 0 bridgehead atoms. The smallest absolute Gasteiger partial charge is 0.260 e. The molecule has 0 amide bonds. The fraction of sp³-hybridized carbons (Fsp3) is 0.286. The molecule has 0 aliphatic carbocycles. The predicted octanol–water partition coefficient (Wildman–Crippen LogP) is 2.71. The van der Waals surface area contributed by atoms with Gasteiger partial charge in [0.05, 0.1) is 0 Å². The van der Waals surface area contributed by atoms with Crippen LogP contribution in [0.3, 0.4) is 0 Å². The van der Waals surface area contributed by atoms with Crippen LogP contribution in [-0.2, 0) is 0 Å². The van der Waals surface area contributed by atoms with E-state index in [0.29, 0.717) is 0 Å². The van der Waals surface area contributed by atoms with Gasteiger partial charge in [0.2, 0.25) is 0 Å². The first kappa shape index (κ1) is 9.94. The molecule has 11 heavy (non-hydrogen) atoms. The fourth-order valence-corrected chi connectivity index (χ4v) is 0.453. The van der Waals surface area contributed by atoms with E-state index in [-0.39, 0.29) is 5.57 Å². The van der Waals surface area contributed by atoms with Crippen molar-refractivity contribution < 1.29 is 13.2 Å². The van der Waals surface area contributed by atoms with Gasteiger partial charge in [-0.1, -0.05) is 6.58 Å². The Morgan fingerprint density at radius 1 is 1.45 bits per heavy atom. The zero-order chi connectivity index (χ0) is 9.02. The van der Waals surface area contributed by atoms with E-state index in [1.54, 1.807) is 0 Å². The van der Waals surface area contributed by atoms with Crippen LogP contribution >= 0.6 is 0 Å². The Hall–Kier alpha value is -1.06. The Bertz CT molecular complexity index is 206. The summed E-state index contributed by atoms with van der Waals surface area (Å²) in [7, 11) is 0. The lowest BCUT2D eigenvalue weighted by Gasteiger charge is -2.01. The quantitative estimate of drug-likeness (QED) is 0.448. The van der Waals surface area contributed by atoms with Crippen molar-refractivity contribution >= 4 is 6.72 Å². The number of nitrogens with zero attached hydrogens (tertiary/aromatic N) is 1. The van der Waals surface area contributed by atoms with Gasteiger partial charge in [-0.05, 0) is 19.2 Å². The average molecular weight is 163 g/mol. The molecule has 0 saturated carbocycles. The predicted molar refractivity (Wildman–Crippen MR) is 38.5 cm³/mol. The molecule has 0 aromatic carbocycles. The molecular formula is C7H8F3N. The molecule has 0 aromatic rings. The first-order valence-corrected chi connectivity index (χ1v) is 2.81. The lowest BCUT2D eigenvalue weighted by Crippen LogP contribution is -1.97. The van der Waals surface area contributed by atoms with E-state index in [2.05, 4.69) is 18.3 Å². The van der Waals surface area contributed by atoms with Gasteiger partial charge in [0.1, 0.15) is 5.70 Å². The number of hydrogen-bond donors (Lipinski definition) is 0. The molecule has 0 radical (unpaired) electrons. The average Bonchev–Trinajstić information content (AvgIpc) is 1.88. The summed E-state index contributed by atoms with van der Waals surface area (Å²) < 4.78 is 36.3. The molecule has 4 heteroatoms. The van der Waals surface area contributed by atoms with Crippen LogP contribution in [0.25, 0.3) is 0 Å². The normalized spacial score (nSPS) is 12.8. The van der Waals surface area contributed by atoms with E-state index in [1.165, 1.54) is 6.92 Å². The highest BCUT2D eigenvalue weighted by Gasteiger charge is 2.15. The van der Waals surface area contributed by atoms with Crippen LogP contribution in [0.1, 0.15) is 6.92 Å². The Morgan fingerprint density at radius 3 is 2.00 bits per heavy atom. The molecule has 0 rings (SSSR count). The van der Waals surface area contributed by atoms with Crippen molar-refractivity contribution in [2.45, 2.75) is 13.3 Å². The summed E-state index contributed by atoms with van der Waals surface area (Å²) in [6, 6.07) is 0. The van der Waals surface area contributed by atoms with Crippen molar-refractivity contribution in [2.75, 3.05) is 0 Å². The van der Waals surface area contributed by atoms with Gasteiger partial charge in [-0.15, -0.1) is 0 Å². The van der Waals surface area contributed by atoms with E-state index >= 15 is 0 Å². The fourth-order valence-electron chi connectivity index (χ4n) is 0.453. The molecule has 0 aliphatic rings. The highest BCUT2D eigenvalue weighted by Crippen LogP contribution is 2.20. The van der Waals surface area contributed by atoms with Crippen LogP contribution in [-0.4, -0.2) is 13.1 Å². The molecule has 0 aliphatic heterocycles. The lowest BCUT2D eigenvalue weighted by molar-refractivity contribution is 0.184. The van der Waals surface area contributed by atoms with Gasteiger partial charge < -0.3 is 0 Å². The van der Waals surface area contributed by atoms with Gasteiger partial charge in [-0.25, -0.2) is 13.2 Å². The highest BCUT2D eigenvalue weighted by atomic mass is 19.3. The first-order chi connectivity index (χ1) is 5.00. The Kier molecular flexibility index (Phi) is 3.57. The van der Waals surface area contributed by atoms with Crippen molar-refractivity contribution in [2.24, 2.45) is 4.99 Å². The van der Waals surface area contributed by atoms with Crippen LogP contribution in [0, 0.1) is 0 Å². The Morgan fingerprint density at radius 2 is 1.91 bits per heavy atom. The Labute approximate surface area is 62.9 Å². The third kappa shape index (κ3) is 2.57. The van der Waals surface area contributed by atoms with Crippen LogP contribution in [0.4, 0.5) is 13.2 Å². The molecule has 0 unspecified atom stereocenters. The summed E-state index contributed by atoms with van der Waals surface area (Å²) in [5.41, 5.74) is -1.02. The van der Waals surface area contributed by atoms with E-state index in [1.807, 2.05) is 0 Å². The number of hydrogen-bond acceptors (Lipinski definition) is 1. The first-order valence-electron chi connectivity index (χ1n) is 2.81. The van der Waals surface area contributed by atoms with Gasteiger partial charge in [-0.3, -0.25) is 4.99 Å². The van der Waals surface area contributed by atoms with Crippen LogP contribution < -0.4 is 0 Å². The third-order valence-electron chi connectivity index (χ3n) is 0.977. The van der Waals surface area contributed by atoms with E-state index in [4.69, 9.17) is 0 Å².